The third-order valence-electron chi connectivity index (χ3n) is 7.18. The van der Waals surface area contributed by atoms with Crippen LogP contribution in [-0.2, 0) is 16.0 Å². The average molecular weight is 540 g/mol. The van der Waals surface area contributed by atoms with E-state index in [1.807, 2.05) is 6.92 Å². The summed E-state index contributed by atoms with van der Waals surface area (Å²) in [5, 5.41) is 2.07. The number of hydrogen-bond donors (Lipinski definition) is 1. The molecule has 204 valence electrons. The lowest BCUT2D eigenvalue weighted by Crippen LogP contribution is -2.61. The second-order valence-electron chi connectivity index (χ2n) is 9.72. The second kappa shape index (κ2) is 10.2. The Morgan fingerprint density at radius 1 is 1.16 bits per heavy atom. The number of piperidine rings is 1. The van der Waals surface area contributed by atoms with E-state index in [4.69, 9.17) is 0 Å². The number of piperazine rings is 1. The molecule has 4 rings (SSSR count). The van der Waals surface area contributed by atoms with Crippen molar-refractivity contribution in [2.24, 2.45) is 0 Å². The number of aromatic nitrogens is 2. The van der Waals surface area contributed by atoms with Crippen molar-refractivity contribution in [3.8, 4) is 0 Å². The number of nitrogens with zero attached hydrogens (tertiary/aromatic N) is 3. The Hall–Kier alpha value is -3.77. The Bertz CT molecular complexity index is 1360. The van der Waals surface area contributed by atoms with E-state index in [0.29, 0.717) is 10.4 Å². The number of nitrogens with one attached hydrogen (secondary N) is 1. The summed E-state index contributed by atoms with van der Waals surface area (Å²) in [6.45, 7) is 4.95. The lowest BCUT2D eigenvalue weighted by Gasteiger charge is -2.47. The summed E-state index contributed by atoms with van der Waals surface area (Å²) < 4.78 is 53.2. The van der Waals surface area contributed by atoms with Crippen LogP contribution in [-0.4, -0.2) is 64.0 Å². The Morgan fingerprint density at radius 3 is 2.55 bits per heavy atom. The standard InChI is InChI=1S/C25H26F4N4O5/c1-13-5-4-6-17-11-31(12-21(34)32(13)17)23(36)18-9-16(7-8-19(18)26)10-20-14(2)15(3)22(35)30-33(20)38-24(37)25(27,28)29/h7-9,13,17H,4-6,10-12H2,1-3H3/p+1. The SMILES string of the molecule is Cc1c(C)c(=O)[nH][n+](OC(=O)C(F)(F)F)c1Cc1ccc(F)c(C(=O)N2CC(=O)N3C(C)CCCC3C2)c1. The molecule has 2 aliphatic rings. The second-order valence-corrected chi connectivity index (χ2v) is 9.72. The molecule has 1 N–H and O–H groups in total. The zero-order valence-corrected chi connectivity index (χ0v) is 21.0. The van der Waals surface area contributed by atoms with Gasteiger partial charge in [-0.15, -0.1) is 0 Å². The molecule has 2 aromatic rings. The molecule has 2 saturated heterocycles. The van der Waals surface area contributed by atoms with E-state index >= 15 is 0 Å². The molecule has 0 aliphatic carbocycles. The highest BCUT2D eigenvalue weighted by molar-refractivity contribution is 5.97. The molecule has 2 unspecified atom stereocenters. The third-order valence-corrected chi connectivity index (χ3v) is 7.18. The summed E-state index contributed by atoms with van der Waals surface area (Å²) in [6, 6.07) is 3.54. The maximum absolute atomic E-state index is 14.8. The zero-order valence-electron chi connectivity index (χ0n) is 21.0. The molecule has 0 radical (unpaired) electrons. The smallest absolute Gasteiger partial charge is 0.334 e. The molecule has 2 fully saturated rings. The normalized spacial score (nSPS) is 19.8. The van der Waals surface area contributed by atoms with Crippen molar-refractivity contribution >= 4 is 17.8 Å². The number of rotatable bonds is 4. The van der Waals surface area contributed by atoms with E-state index in [-0.39, 0.29) is 59.9 Å². The Morgan fingerprint density at radius 2 is 1.87 bits per heavy atom. The molecule has 3 heterocycles. The van der Waals surface area contributed by atoms with Crippen LogP contribution in [0.2, 0.25) is 0 Å². The van der Waals surface area contributed by atoms with Crippen LogP contribution in [0.4, 0.5) is 17.6 Å². The van der Waals surface area contributed by atoms with Crippen molar-refractivity contribution in [3.63, 3.8) is 0 Å². The number of fused-ring (bicyclic) bond motifs is 1. The van der Waals surface area contributed by atoms with Crippen LogP contribution in [0.5, 0.6) is 0 Å². The highest BCUT2D eigenvalue weighted by Crippen LogP contribution is 2.28. The van der Waals surface area contributed by atoms with E-state index in [0.717, 1.165) is 25.3 Å². The van der Waals surface area contributed by atoms with Gasteiger partial charge in [0.2, 0.25) is 5.91 Å². The maximum Gasteiger partial charge on any atom is 0.498 e. The predicted molar refractivity (Wildman–Crippen MR) is 123 cm³/mol. The van der Waals surface area contributed by atoms with Crippen LogP contribution >= 0.6 is 0 Å². The Balaban J connectivity index is 1.63. The van der Waals surface area contributed by atoms with Crippen molar-refractivity contribution in [1.82, 2.24) is 14.9 Å². The van der Waals surface area contributed by atoms with Crippen molar-refractivity contribution in [3.05, 3.63) is 62.3 Å². The monoisotopic (exact) mass is 539 g/mol. The number of carbonyl (C=O) groups excluding carboxylic acids is 3. The molecular formula is C25H27F4N4O5+. The number of carbonyl (C=O) groups is 3. The fourth-order valence-corrected chi connectivity index (χ4v) is 5.04. The van der Waals surface area contributed by atoms with Crippen LogP contribution < -0.4 is 15.2 Å². The molecule has 0 saturated carbocycles. The number of alkyl halides is 3. The Kier molecular flexibility index (Phi) is 7.31. The van der Waals surface area contributed by atoms with Crippen LogP contribution in [0.3, 0.4) is 0 Å². The topological polar surface area (TPSA) is 104 Å². The summed E-state index contributed by atoms with van der Waals surface area (Å²) in [4.78, 5) is 57.4. The zero-order chi connectivity index (χ0) is 27.9. The van der Waals surface area contributed by atoms with Gasteiger partial charge in [0.25, 0.3) is 11.6 Å². The first-order chi connectivity index (χ1) is 17.8. The minimum absolute atomic E-state index is 0.00954. The van der Waals surface area contributed by atoms with Crippen molar-refractivity contribution in [1.29, 1.82) is 0 Å². The van der Waals surface area contributed by atoms with Gasteiger partial charge in [0.05, 0.1) is 12.0 Å². The average Bonchev–Trinajstić information content (AvgIpc) is 2.84. The summed E-state index contributed by atoms with van der Waals surface area (Å²) in [7, 11) is 0. The quantitative estimate of drug-likeness (QED) is 0.471. The van der Waals surface area contributed by atoms with Gasteiger partial charge >= 0.3 is 17.7 Å². The molecule has 0 spiro atoms. The molecule has 2 atom stereocenters. The van der Waals surface area contributed by atoms with Crippen molar-refractivity contribution in [2.75, 3.05) is 13.1 Å². The summed E-state index contributed by atoms with van der Waals surface area (Å²) in [5.41, 5.74) is -0.353. The van der Waals surface area contributed by atoms with Gasteiger partial charge < -0.3 is 9.80 Å². The van der Waals surface area contributed by atoms with E-state index in [2.05, 4.69) is 9.94 Å². The van der Waals surface area contributed by atoms with Gasteiger partial charge in [-0.1, -0.05) is 11.2 Å². The van der Waals surface area contributed by atoms with E-state index in [1.165, 1.54) is 30.9 Å². The Labute approximate surface area is 214 Å². The minimum atomic E-state index is -5.31. The van der Waals surface area contributed by atoms with Gasteiger partial charge in [-0.25, -0.2) is 9.18 Å². The molecule has 2 amide bonds. The van der Waals surface area contributed by atoms with Gasteiger partial charge in [-0.05, 0) is 57.7 Å². The van der Waals surface area contributed by atoms with Crippen LogP contribution in [0.1, 0.15) is 58.9 Å². The summed E-state index contributed by atoms with van der Waals surface area (Å²) in [6.07, 6.45) is -2.98. The fraction of sp³-hybridized carbons (Fsp3) is 0.480. The largest absolute Gasteiger partial charge is 0.498 e. The molecule has 2 aliphatic heterocycles. The first kappa shape index (κ1) is 27.3. The number of H-pyrrole nitrogens is 1. The molecule has 9 nitrogen and oxygen atoms in total. The van der Waals surface area contributed by atoms with E-state index in [1.54, 1.807) is 4.90 Å². The van der Waals surface area contributed by atoms with Gasteiger partial charge in [-0.2, -0.15) is 18.0 Å². The molecule has 38 heavy (non-hydrogen) atoms. The van der Waals surface area contributed by atoms with Crippen molar-refractivity contribution < 1.29 is 41.6 Å². The lowest BCUT2D eigenvalue weighted by molar-refractivity contribution is -0.921. The lowest BCUT2D eigenvalue weighted by atomic mass is 9.93. The molecular weight excluding hydrogens is 512 g/mol. The third kappa shape index (κ3) is 5.27. The van der Waals surface area contributed by atoms with Gasteiger partial charge in [0.15, 0.2) is 0 Å². The minimum Gasteiger partial charge on any atom is -0.334 e. The number of hydrogen-bond acceptors (Lipinski definition) is 5. The number of benzene rings is 1. The highest BCUT2D eigenvalue weighted by Gasteiger charge is 2.46. The summed E-state index contributed by atoms with van der Waals surface area (Å²) >= 11 is 0. The molecule has 13 heteroatoms. The number of amides is 2. The van der Waals surface area contributed by atoms with Gasteiger partial charge in [-0.3, -0.25) is 14.4 Å². The van der Waals surface area contributed by atoms with Gasteiger partial charge in [0, 0.05) is 29.8 Å². The summed E-state index contributed by atoms with van der Waals surface area (Å²) in [5.74, 6) is -4.25. The first-order valence-electron chi connectivity index (χ1n) is 12.1. The molecule has 0 bridgehead atoms. The molecule has 1 aromatic heterocycles. The van der Waals surface area contributed by atoms with E-state index < -0.39 is 29.4 Å². The number of halogens is 4. The van der Waals surface area contributed by atoms with Crippen LogP contribution in [0.15, 0.2) is 23.0 Å². The first-order valence-corrected chi connectivity index (χ1v) is 12.1. The van der Waals surface area contributed by atoms with Gasteiger partial charge in [0.1, 0.15) is 17.2 Å². The fourth-order valence-electron chi connectivity index (χ4n) is 5.04. The predicted octanol–water partition coefficient (Wildman–Crippen LogP) is 1.75. The highest BCUT2D eigenvalue weighted by atomic mass is 19.4. The number of aromatic amines is 1. The molecule has 1 aromatic carbocycles. The van der Waals surface area contributed by atoms with Crippen LogP contribution in [0.25, 0.3) is 0 Å². The van der Waals surface area contributed by atoms with Crippen LogP contribution in [0, 0.1) is 19.7 Å². The van der Waals surface area contributed by atoms with Crippen molar-refractivity contribution in [2.45, 2.75) is 64.7 Å². The van der Waals surface area contributed by atoms with E-state index in [9.17, 15) is 36.7 Å². The maximum atomic E-state index is 14.8.